The van der Waals surface area contributed by atoms with E-state index in [0.29, 0.717) is 16.9 Å². The normalized spacial score (nSPS) is 10.5. The summed E-state index contributed by atoms with van der Waals surface area (Å²) in [5.41, 5.74) is 1.68. The summed E-state index contributed by atoms with van der Waals surface area (Å²) < 4.78 is 0. The minimum atomic E-state index is -1.07. The molecule has 1 aromatic heterocycles. The SMILES string of the molecule is O=C(N=Nc1ccc(NOC(=O)c2cc([N+](=O)[O-])cc([N+](=O)[O-])c2)cc1)c1ccncc1. The van der Waals surface area contributed by atoms with Crippen LogP contribution < -0.4 is 5.48 Å². The Kier molecular flexibility index (Phi) is 6.50. The number of rotatable bonds is 7. The van der Waals surface area contributed by atoms with Gasteiger partial charge < -0.3 is 4.84 Å². The molecule has 0 radical (unpaired) electrons. The lowest BCUT2D eigenvalue weighted by atomic mass is 10.2. The number of aromatic nitrogens is 1. The summed E-state index contributed by atoms with van der Waals surface area (Å²) in [6.45, 7) is 0. The number of carbonyl (C=O) groups excluding carboxylic acids is 2. The molecule has 0 saturated carbocycles. The molecular weight excluding hydrogens is 424 g/mol. The maximum atomic E-state index is 12.1. The van der Waals surface area contributed by atoms with E-state index in [1.807, 2.05) is 0 Å². The molecule has 0 aliphatic heterocycles. The van der Waals surface area contributed by atoms with Crippen LogP contribution in [0.2, 0.25) is 0 Å². The smallest absolute Gasteiger partial charge is 0.338 e. The number of non-ortho nitro benzene ring substituents is 2. The molecule has 3 aromatic rings. The van der Waals surface area contributed by atoms with Crippen molar-refractivity contribution in [2.45, 2.75) is 0 Å². The van der Waals surface area contributed by atoms with Gasteiger partial charge in [-0.1, -0.05) is 0 Å². The highest BCUT2D eigenvalue weighted by atomic mass is 16.7. The quantitative estimate of drug-likeness (QED) is 0.325. The van der Waals surface area contributed by atoms with Crippen molar-refractivity contribution in [1.29, 1.82) is 0 Å². The molecule has 1 amide bonds. The number of nitro benzene ring substituents is 2. The van der Waals surface area contributed by atoms with E-state index in [2.05, 4.69) is 20.7 Å². The Morgan fingerprint density at radius 3 is 2.03 bits per heavy atom. The summed E-state index contributed by atoms with van der Waals surface area (Å²) in [7, 11) is 0. The molecule has 0 fully saturated rings. The zero-order valence-electron chi connectivity index (χ0n) is 15.9. The molecule has 2 aromatic carbocycles. The van der Waals surface area contributed by atoms with Crippen LogP contribution in [-0.2, 0) is 4.84 Å². The van der Waals surface area contributed by atoms with Crippen molar-refractivity contribution >= 4 is 34.6 Å². The van der Waals surface area contributed by atoms with Crippen molar-refractivity contribution in [3.8, 4) is 0 Å². The van der Waals surface area contributed by atoms with E-state index < -0.39 is 33.1 Å². The van der Waals surface area contributed by atoms with Gasteiger partial charge in [0.2, 0.25) is 0 Å². The molecule has 0 atom stereocenters. The first kappa shape index (κ1) is 21.6. The van der Waals surface area contributed by atoms with Crippen LogP contribution in [-0.4, -0.2) is 26.7 Å². The number of azo groups is 1. The number of amides is 1. The zero-order chi connectivity index (χ0) is 23.1. The highest BCUT2D eigenvalue weighted by Crippen LogP contribution is 2.23. The summed E-state index contributed by atoms with van der Waals surface area (Å²) in [5.74, 6) is -1.61. The van der Waals surface area contributed by atoms with E-state index in [-0.39, 0.29) is 5.56 Å². The maximum Gasteiger partial charge on any atom is 0.363 e. The molecule has 160 valence electrons. The van der Waals surface area contributed by atoms with Gasteiger partial charge in [0.05, 0.1) is 32.9 Å². The minimum Gasteiger partial charge on any atom is -0.338 e. The number of pyridine rings is 1. The molecule has 0 aliphatic carbocycles. The fourth-order valence-electron chi connectivity index (χ4n) is 2.34. The molecule has 3 rings (SSSR count). The number of nitrogens with one attached hydrogen (secondary N) is 1. The third-order valence-electron chi connectivity index (χ3n) is 3.87. The third-order valence-corrected chi connectivity index (χ3v) is 3.87. The van der Waals surface area contributed by atoms with E-state index in [0.717, 1.165) is 18.2 Å². The molecule has 0 spiro atoms. The molecule has 13 nitrogen and oxygen atoms in total. The van der Waals surface area contributed by atoms with Crippen molar-refractivity contribution in [3.63, 3.8) is 0 Å². The number of nitro groups is 2. The van der Waals surface area contributed by atoms with Crippen molar-refractivity contribution in [2.75, 3.05) is 5.48 Å². The second-order valence-electron chi connectivity index (χ2n) is 6.03. The summed E-state index contributed by atoms with van der Waals surface area (Å²) in [6, 6.07) is 11.4. The first-order valence-corrected chi connectivity index (χ1v) is 8.71. The first-order chi connectivity index (χ1) is 15.3. The van der Waals surface area contributed by atoms with Gasteiger partial charge in [0.25, 0.3) is 17.3 Å². The third kappa shape index (κ3) is 5.50. The molecule has 32 heavy (non-hydrogen) atoms. The summed E-state index contributed by atoms with van der Waals surface area (Å²) >= 11 is 0. The van der Waals surface area contributed by atoms with Crippen LogP contribution in [0.25, 0.3) is 0 Å². The Hall–Kier alpha value is -5.07. The number of hydrogen-bond acceptors (Lipinski definition) is 10. The second-order valence-corrected chi connectivity index (χ2v) is 6.03. The van der Waals surface area contributed by atoms with Gasteiger partial charge in [0.1, 0.15) is 0 Å². The summed E-state index contributed by atoms with van der Waals surface area (Å²) in [6.07, 6.45) is 2.91. The molecule has 13 heteroatoms. The monoisotopic (exact) mass is 436 g/mol. The lowest BCUT2D eigenvalue weighted by Crippen LogP contribution is -2.11. The number of anilines is 1. The lowest BCUT2D eigenvalue weighted by Gasteiger charge is -2.07. The molecule has 0 saturated heterocycles. The van der Waals surface area contributed by atoms with Crippen LogP contribution in [0.15, 0.2) is 77.2 Å². The average molecular weight is 436 g/mol. The average Bonchev–Trinajstić information content (AvgIpc) is 2.81. The van der Waals surface area contributed by atoms with Crippen LogP contribution in [0.5, 0.6) is 0 Å². The minimum absolute atomic E-state index is 0.303. The van der Waals surface area contributed by atoms with Crippen molar-refractivity contribution in [3.05, 3.63) is 98.3 Å². The molecule has 0 unspecified atom stereocenters. The van der Waals surface area contributed by atoms with Crippen molar-refractivity contribution < 1.29 is 24.3 Å². The van der Waals surface area contributed by atoms with Crippen LogP contribution in [0, 0.1) is 20.2 Å². The largest absolute Gasteiger partial charge is 0.363 e. The van der Waals surface area contributed by atoms with E-state index in [1.165, 1.54) is 48.8 Å². The van der Waals surface area contributed by atoms with Gasteiger partial charge in [-0.25, -0.2) is 10.3 Å². The predicted molar refractivity (Wildman–Crippen MR) is 108 cm³/mol. The van der Waals surface area contributed by atoms with E-state index in [9.17, 15) is 29.8 Å². The van der Waals surface area contributed by atoms with E-state index >= 15 is 0 Å². The molecule has 1 heterocycles. The number of hydrogen-bond donors (Lipinski definition) is 1. The van der Waals surface area contributed by atoms with Crippen LogP contribution in [0.4, 0.5) is 22.7 Å². The lowest BCUT2D eigenvalue weighted by molar-refractivity contribution is -0.394. The van der Waals surface area contributed by atoms with E-state index in [1.54, 1.807) is 0 Å². The summed E-state index contributed by atoms with van der Waals surface area (Å²) in [5, 5.41) is 29.2. The zero-order valence-corrected chi connectivity index (χ0v) is 15.9. The maximum absolute atomic E-state index is 12.1. The Balaban J connectivity index is 1.63. The topological polar surface area (TPSA) is 179 Å². The highest BCUT2D eigenvalue weighted by molar-refractivity contribution is 5.94. The molecule has 1 N–H and O–H groups in total. The fraction of sp³-hybridized carbons (Fsp3) is 0. The second kappa shape index (κ2) is 9.62. The molecular formula is C19H12N6O7. The number of nitrogens with zero attached hydrogens (tertiary/aromatic N) is 5. The Morgan fingerprint density at radius 1 is 0.875 bits per heavy atom. The van der Waals surface area contributed by atoms with Gasteiger partial charge in [-0.3, -0.25) is 30.0 Å². The van der Waals surface area contributed by atoms with E-state index in [4.69, 9.17) is 4.84 Å². The Morgan fingerprint density at radius 2 is 1.47 bits per heavy atom. The molecule has 0 aliphatic rings. The van der Waals surface area contributed by atoms with Crippen LogP contribution >= 0.6 is 0 Å². The fourth-order valence-corrected chi connectivity index (χ4v) is 2.34. The van der Waals surface area contributed by atoms with Gasteiger partial charge in [-0.05, 0) is 36.4 Å². The molecule has 0 bridgehead atoms. The summed E-state index contributed by atoms with van der Waals surface area (Å²) in [4.78, 5) is 52.8. The van der Waals surface area contributed by atoms with Crippen LogP contribution in [0.3, 0.4) is 0 Å². The van der Waals surface area contributed by atoms with Gasteiger partial charge in [0.15, 0.2) is 0 Å². The van der Waals surface area contributed by atoms with Gasteiger partial charge >= 0.3 is 5.97 Å². The van der Waals surface area contributed by atoms with Gasteiger partial charge in [-0.15, -0.1) is 10.2 Å². The van der Waals surface area contributed by atoms with Crippen molar-refractivity contribution in [2.24, 2.45) is 10.2 Å². The van der Waals surface area contributed by atoms with Crippen molar-refractivity contribution in [1.82, 2.24) is 4.98 Å². The first-order valence-electron chi connectivity index (χ1n) is 8.71. The highest BCUT2D eigenvalue weighted by Gasteiger charge is 2.21. The number of carbonyl (C=O) groups is 2. The standard InChI is InChI=1S/C19H12N6O7/c26-18(12-5-7-20-8-6-12)22-21-14-1-3-15(4-2-14)23-32-19(27)13-9-16(24(28)29)11-17(10-13)25(30)31/h1-11,23H. The van der Waals surface area contributed by atoms with Gasteiger partial charge in [-0.2, -0.15) is 0 Å². The van der Waals surface area contributed by atoms with Crippen LogP contribution in [0.1, 0.15) is 20.7 Å². The predicted octanol–water partition coefficient (Wildman–Crippen LogP) is 4.01. The Bertz CT molecular complexity index is 1180. The van der Waals surface area contributed by atoms with Gasteiger partial charge in [0, 0.05) is 30.1 Å². The number of benzene rings is 2. The Labute approximate surface area is 178 Å².